The molecule has 0 aromatic carbocycles. The molecule has 0 saturated carbocycles. The summed E-state index contributed by atoms with van der Waals surface area (Å²) in [7, 11) is 0. The van der Waals surface area contributed by atoms with Crippen molar-refractivity contribution in [2.45, 2.75) is 70.6 Å². The number of hydrogen-bond acceptors (Lipinski definition) is 3. The standard InChI is InChI=1S/C15H26N2O3/c1-4-5-12-14(19)17(9-7-13(18)16-12)10-11-6-8-15(2,3)20-11/h11-12H,4-10H2,1-3H3,(H,16,18). The number of nitrogens with zero attached hydrogens (tertiary/aromatic N) is 1. The van der Waals surface area contributed by atoms with Crippen molar-refractivity contribution in [3.8, 4) is 0 Å². The third-order valence-corrected chi connectivity index (χ3v) is 4.11. The average Bonchev–Trinajstić information content (AvgIpc) is 2.66. The minimum absolute atomic E-state index is 0.0213. The van der Waals surface area contributed by atoms with E-state index in [9.17, 15) is 9.59 Å². The Kier molecular flexibility index (Phi) is 4.68. The molecule has 5 heteroatoms. The van der Waals surface area contributed by atoms with Gasteiger partial charge in [0.2, 0.25) is 11.8 Å². The van der Waals surface area contributed by atoms with Gasteiger partial charge in [0.15, 0.2) is 0 Å². The average molecular weight is 282 g/mol. The van der Waals surface area contributed by atoms with E-state index < -0.39 is 0 Å². The first-order valence-electron chi connectivity index (χ1n) is 7.67. The van der Waals surface area contributed by atoms with Gasteiger partial charge >= 0.3 is 0 Å². The Morgan fingerprint density at radius 1 is 1.40 bits per heavy atom. The number of carbonyl (C=O) groups is 2. The molecule has 20 heavy (non-hydrogen) atoms. The van der Waals surface area contributed by atoms with Crippen molar-refractivity contribution in [2.24, 2.45) is 0 Å². The van der Waals surface area contributed by atoms with Gasteiger partial charge in [-0.25, -0.2) is 0 Å². The van der Waals surface area contributed by atoms with Crippen molar-refractivity contribution >= 4 is 11.8 Å². The lowest BCUT2D eigenvalue weighted by molar-refractivity contribution is -0.136. The van der Waals surface area contributed by atoms with Crippen LogP contribution in [0, 0.1) is 0 Å². The predicted octanol–water partition coefficient (Wildman–Crippen LogP) is 1.46. The summed E-state index contributed by atoms with van der Waals surface area (Å²) in [4.78, 5) is 26.0. The van der Waals surface area contributed by atoms with Crippen LogP contribution in [0.1, 0.15) is 52.9 Å². The van der Waals surface area contributed by atoms with Gasteiger partial charge < -0.3 is 15.0 Å². The van der Waals surface area contributed by atoms with Gasteiger partial charge in [-0.05, 0) is 33.1 Å². The van der Waals surface area contributed by atoms with E-state index in [1.54, 1.807) is 0 Å². The Morgan fingerprint density at radius 3 is 2.75 bits per heavy atom. The number of hydrogen-bond donors (Lipinski definition) is 1. The smallest absolute Gasteiger partial charge is 0.245 e. The van der Waals surface area contributed by atoms with Gasteiger partial charge in [0.25, 0.3) is 0 Å². The van der Waals surface area contributed by atoms with Crippen LogP contribution in [0.25, 0.3) is 0 Å². The van der Waals surface area contributed by atoms with Crippen LogP contribution < -0.4 is 5.32 Å². The third-order valence-electron chi connectivity index (χ3n) is 4.11. The fraction of sp³-hybridized carbons (Fsp3) is 0.867. The quantitative estimate of drug-likeness (QED) is 0.849. The fourth-order valence-corrected chi connectivity index (χ4v) is 3.01. The minimum Gasteiger partial charge on any atom is -0.371 e. The van der Waals surface area contributed by atoms with Gasteiger partial charge in [0.05, 0.1) is 11.7 Å². The zero-order valence-electron chi connectivity index (χ0n) is 12.8. The van der Waals surface area contributed by atoms with Gasteiger partial charge in [0.1, 0.15) is 6.04 Å². The first kappa shape index (κ1) is 15.3. The maximum absolute atomic E-state index is 12.5. The third kappa shape index (κ3) is 3.72. The predicted molar refractivity (Wildman–Crippen MR) is 76.2 cm³/mol. The summed E-state index contributed by atoms with van der Waals surface area (Å²) < 4.78 is 5.96. The second-order valence-electron chi connectivity index (χ2n) is 6.48. The molecule has 2 fully saturated rings. The van der Waals surface area contributed by atoms with E-state index in [4.69, 9.17) is 4.74 Å². The van der Waals surface area contributed by atoms with E-state index in [2.05, 4.69) is 19.2 Å². The van der Waals surface area contributed by atoms with E-state index in [1.807, 2.05) is 11.8 Å². The molecule has 0 aromatic heterocycles. The Labute approximate surface area is 121 Å². The van der Waals surface area contributed by atoms with Crippen molar-refractivity contribution in [1.82, 2.24) is 10.2 Å². The Balaban J connectivity index is 1.98. The van der Waals surface area contributed by atoms with Crippen LogP contribution in [0.3, 0.4) is 0 Å². The first-order valence-corrected chi connectivity index (χ1v) is 7.67. The maximum Gasteiger partial charge on any atom is 0.245 e. The van der Waals surface area contributed by atoms with Crippen LogP contribution in [0.15, 0.2) is 0 Å². The Bertz CT molecular complexity index is 381. The molecule has 2 aliphatic rings. The number of ether oxygens (including phenoxy) is 1. The number of rotatable bonds is 4. The van der Waals surface area contributed by atoms with Crippen LogP contribution in [-0.2, 0) is 14.3 Å². The van der Waals surface area contributed by atoms with Crippen LogP contribution in [0.4, 0.5) is 0 Å². The second-order valence-corrected chi connectivity index (χ2v) is 6.48. The molecule has 5 nitrogen and oxygen atoms in total. The SMILES string of the molecule is CCCC1NC(=O)CCN(CC2CCC(C)(C)O2)C1=O. The van der Waals surface area contributed by atoms with E-state index in [1.165, 1.54) is 0 Å². The topological polar surface area (TPSA) is 58.6 Å². The highest BCUT2D eigenvalue weighted by Crippen LogP contribution is 2.30. The lowest BCUT2D eigenvalue weighted by atomic mass is 10.1. The van der Waals surface area contributed by atoms with Crippen LogP contribution in [0.2, 0.25) is 0 Å². The molecule has 2 atom stereocenters. The highest BCUT2D eigenvalue weighted by Gasteiger charge is 2.36. The summed E-state index contributed by atoms with van der Waals surface area (Å²) in [6.45, 7) is 7.31. The lowest BCUT2D eigenvalue weighted by Crippen LogP contribution is -2.46. The normalized spacial score (nSPS) is 30.2. The molecule has 2 heterocycles. The zero-order valence-corrected chi connectivity index (χ0v) is 12.8. The zero-order chi connectivity index (χ0) is 14.8. The fourth-order valence-electron chi connectivity index (χ4n) is 3.01. The Hall–Kier alpha value is -1.10. The van der Waals surface area contributed by atoms with Gasteiger partial charge in [-0.1, -0.05) is 13.3 Å². The molecule has 0 bridgehead atoms. The molecule has 2 rings (SSSR count). The van der Waals surface area contributed by atoms with E-state index >= 15 is 0 Å². The van der Waals surface area contributed by atoms with E-state index in [0.29, 0.717) is 25.9 Å². The summed E-state index contributed by atoms with van der Waals surface area (Å²) in [5.41, 5.74) is -0.0869. The first-order chi connectivity index (χ1) is 9.41. The summed E-state index contributed by atoms with van der Waals surface area (Å²) in [5.74, 6) is 0.0259. The van der Waals surface area contributed by atoms with Crippen molar-refractivity contribution in [3.05, 3.63) is 0 Å². The van der Waals surface area contributed by atoms with E-state index in [0.717, 1.165) is 19.3 Å². The van der Waals surface area contributed by atoms with Crippen LogP contribution in [0.5, 0.6) is 0 Å². The van der Waals surface area contributed by atoms with Crippen molar-refractivity contribution in [3.63, 3.8) is 0 Å². The molecule has 2 amide bonds. The molecular formula is C15H26N2O3. The molecule has 0 spiro atoms. The van der Waals surface area contributed by atoms with Crippen molar-refractivity contribution in [1.29, 1.82) is 0 Å². The summed E-state index contributed by atoms with van der Waals surface area (Å²) >= 11 is 0. The molecule has 2 aliphatic heterocycles. The number of nitrogens with one attached hydrogen (secondary N) is 1. The molecule has 114 valence electrons. The lowest BCUT2D eigenvalue weighted by Gasteiger charge is -2.27. The minimum atomic E-state index is -0.357. The molecule has 1 N–H and O–H groups in total. The van der Waals surface area contributed by atoms with Crippen LogP contribution >= 0.6 is 0 Å². The van der Waals surface area contributed by atoms with Gasteiger partial charge in [-0.3, -0.25) is 9.59 Å². The van der Waals surface area contributed by atoms with E-state index in [-0.39, 0.29) is 29.6 Å². The summed E-state index contributed by atoms with van der Waals surface area (Å²) in [6.07, 6.45) is 4.09. The molecule has 0 aromatic rings. The maximum atomic E-state index is 12.5. The molecule has 2 unspecified atom stereocenters. The summed E-state index contributed by atoms with van der Waals surface area (Å²) in [5, 5.41) is 2.83. The largest absolute Gasteiger partial charge is 0.371 e. The van der Waals surface area contributed by atoms with Crippen molar-refractivity contribution in [2.75, 3.05) is 13.1 Å². The summed E-state index contributed by atoms with van der Waals surface area (Å²) in [6, 6.07) is -0.357. The van der Waals surface area contributed by atoms with Crippen molar-refractivity contribution < 1.29 is 14.3 Å². The molecule has 2 saturated heterocycles. The number of amides is 2. The molecule has 0 aliphatic carbocycles. The van der Waals surface area contributed by atoms with Gasteiger partial charge in [0, 0.05) is 19.5 Å². The Morgan fingerprint density at radius 2 is 2.15 bits per heavy atom. The molecule has 0 radical (unpaired) electrons. The number of carbonyl (C=O) groups excluding carboxylic acids is 2. The highest BCUT2D eigenvalue weighted by atomic mass is 16.5. The van der Waals surface area contributed by atoms with Gasteiger partial charge in [-0.15, -0.1) is 0 Å². The van der Waals surface area contributed by atoms with Crippen LogP contribution in [-0.4, -0.2) is 47.6 Å². The molecular weight excluding hydrogens is 256 g/mol. The monoisotopic (exact) mass is 282 g/mol. The second kappa shape index (κ2) is 6.12. The highest BCUT2D eigenvalue weighted by molar-refractivity contribution is 5.89. The van der Waals surface area contributed by atoms with Gasteiger partial charge in [-0.2, -0.15) is 0 Å².